The van der Waals surface area contributed by atoms with Crippen molar-refractivity contribution in [3.05, 3.63) is 59.9 Å². The van der Waals surface area contributed by atoms with Crippen molar-refractivity contribution in [1.82, 2.24) is 14.9 Å². The van der Waals surface area contributed by atoms with Crippen LogP contribution in [0.3, 0.4) is 0 Å². The van der Waals surface area contributed by atoms with E-state index in [0.717, 1.165) is 36.1 Å². The summed E-state index contributed by atoms with van der Waals surface area (Å²) in [7, 11) is 0. The number of thioether (sulfide) groups is 1. The van der Waals surface area contributed by atoms with E-state index in [-0.39, 0.29) is 23.4 Å². The first kappa shape index (κ1) is 23.1. The van der Waals surface area contributed by atoms with Crippen molar-refractivity contribution >= 4 is 41.2 Å². The van der Waals surface area contributed by atoms with Crippen molar-refractivity contribution < 1.29 is 9.18 Å². The highest BCUT2D eigenvalue weighted by molar-refractivity contribution is 7.99. The molecule has 0 aliphatic heterocycles. The molecule has 0 bridgehead atoms. The third-order valence-corrected chi connectivity index (χ3v) is 5.47. The fourth-order valence-corrected chi connectivity index (χ4v) is 3.49. The topological polar surface area (TPSA) is 113 Å². The minimum atomic E-state index is -0.368. The van der Waals surface area contributed by atoms with Crippen LogP contribution in [0, 0.1) is 5.82 Å². The summed E-state index contributed by atoms with van der Waals surface area (Å²) in [5, 5.41) is 15.1. The Morgan fingerprint density at radius 1 is 1.16 bits per heavy atom. The maximum absolute atomic E-state index is 12.9. The number of halogens is 1. The third kappa shape index (κ3) is 6.20. The van der Waals surface area contributed by atoms with Crippen LogP contribution < -0.4 is 21.5 Å². The molecule has 0 saturated heterocycles. The first-order valence-corrected chi connectivity index (χ1v) is 11.0. The Bertz CT molecular complexity index is 1050. The zero-order chi connectivity index (χ0) is 22.9. The lowest BCUT2D eigenvalue weighted by atomic mass is 10.2. The molecule has 0 aliphatic carbocycles. The van der Waals surface area contributed by atoms with Gasteiger partial charge in [-0.25, -0.2) is 14.5 Å². The summed E-state index contributed by atoms with van der Waals surface area (Å²) < 4.78 is 14.1. The molecule has 0 radical (unpaired) electrons. The van der Waals surface area contributed by atoms with E-state index in [1.807, 2.05) is 24.3 Å². The predicted octanol–water partition coefficient (Wildman–Crippen LogP) is 3.15. The van der Waals surface area contributed by atoms with Gasteiger partial charge in [0.2, 0.25) is 11.1 Å². The van der Waals surface area contributed by atoms with E-state index < -0.39 is 0 Å². The molecule has 1 heterocycles. The van der Waals surface area contributed by atoms with Crippen LogP contribution in [0.15, 0.2) is 58.8 Å². The molecule has 4 N–H and O–H groups in total. The number of amides is 1. The van der Waals surface area contributed by atoms with Crippen molar-refractivity contribution in [3.8, 4) is 0 Å². The minimum absolute atomic E-state index is 0.0643. The number of carbonyl (C=O) groups excluding carboxylic acids is 1. The molecule has 0 aliphatic rings. The van der Waals surface area contributed by atoms with Crippen molar-refractivity contribution in [3.63, 3.8) is 0 Å². The molecule has 0 saturated carbocycles. The van der Waals surface area contributed by atoms with Gasteiger partial charge in [0, 0.05) is 24.5 Å². The maximum atomic E-state index is 12.9. The summed E-state index contributed by atoms with van der Waals surface area (Å²) >= 11 is 1.12. The summed E-state index contributed by atoms with van der Waals surface area (Å²) in [4.78, 5) is 14.3. The van der Waals surface area contributed by atoms with Crippen LogP contribution >= 0.6 is 11.8 Å². The first-order chi connectivity index (χ1) is 15.5. The van der Waals surface area contributed by atoms with Gasteiger partial charge in [0.25, 0.3) is 5.95 Å². The highest BCUT2D eigenvalue weighted by Crippen LogP contribution is 2.18. The number of nitrogens with one attached hydrogen (secondary N) is 2. The Hall–Kier alpha value is -3.60. The molecular weight excluding hydrogens is 431 g/mol. The van der Waals surface area contributed by atoms with Gasteiger partial charge in [-0.15, -0.1) is 10.2 Å². The molecule has 3 aromatic rings. The van der Waals surface area contributed by atoms with E-state index in [1.165, 1.54) is 28.9 Å². The van der Waals surface area contributed by atoms with Gasteiger partial charge in [0.15, 0.2) is 0 Å². The maximum Gasteiger partial charge on any atom is 0.264 e. The third-order valence-electron chi connectivity index (χ3n) is 4.52. The van der Waals surface area contributed by atoms with Crippen molar-refractivity contribution in [1.29, 1.82) is 0 Å². The number of nitrogens with zero attached hydrogens (tertiary/aromatic N) is 5. The van der Waals surface area contributed by atoms with Crippen LogP contribution in [0.1, 0.15) is 19.4 Å². The molecular formula is C21H25FN8OS. The second kappa shape index (κ2) is 11.1. The van der Waals surface area contributed by atoms with Gasteiger partial charge in [0.05, 0.1) is 12.0 Å². The van der Waals surface area contributed by atoms with Gasteiger partial charge in [0.1, 0.15) is 5.82 Å². The quantitative estimate of drug-likeness (QED) is 0.186. The average Bonchev–Trinajstić information content (AvgIpc) is 3.15. The van der Waals surface area contributed by atoms with Crippen LogP contribution in [-0.4, -0.2) is 45.8 Å². The summed E-state index contributed by atoms with van der Waals surface area (Å²) in [6.07, 6.45) is 1.66. The summed E-state index contributed by atoms with van der Waals surface area (Å²) in [5.41, 5.74) is 5.33. The molecule has 0 unspecified atom stereocenters. The number of aromatic nitrogens is 3. The standard InChI is InChI=1S/C21H25FN8OS/c1-3-29(4-2)18-11-5-15(6-12-18)13-24-26-20-27-28-21(30(20)23)32-14-19(31)25-17-9-7-16(22)8-10-17/h5-13H,3-4,14,23H2,1-2H3,(H,25,31)(H,26,27)/b24-13+. The SMILES string of the molecule is CCN(CC)c1ccc(/C=N/Nc2nnc(SCC(=O)Nc3ccc(F)cc3)n2N)cc1. The second-order valence-corrected chi connectivity index (χ2v) is 7.60. The highest BCUT2D eigenvalue weighted by atomic mass is 32.2. The number of hydrazone groups is 1. The molecule has 32 heavy (non-hydrogen) atoms. The predicted molar refractivity (Wildman–Crippen MR) is 127 cm³/mol. The first-order valence-electron chi connectivity index (χ1n) is 10.0. The van der Waals surface area contributed by atoms with Gasteiger partial charge < -0.3 is 16.1 Å². The van der Waals surface area contributed by atoms with E-state index in [2.05, 4.69) is 44.8 Å². The van der Waals surface area contributed by atoms with E-state index >= 15 is 0 Å². The summed E-state index contributed by atoms with van der Waals surface area (Å²) in [6, 6.07) is 13.6. The van der Waals surface area contributed by atoms with Gasteiger partial charge in [-0.3, -0.25) is 4.79 Å². The number of anilines is 3. The van der Waals surface area contributed by atoms with E-state index in [9.17, 15) is 9.18 Å². The highest BCUT2D eigenvalue weighted by Gasteiger charge is 2.12. The van der Waals surface area contributed by atoms with Gasteiger partial charge in [-0.05, 0) is 55.8 Å². The lowest BCUT2D eigenvalue weighted by Crippen LogP contribution is -2.21. The molecule has 0 atom stereocenters. The Labute approximate surface area is 189 Å². The minimum Gasteiger partial charge on any atom is -0.372 e. The molecule has 2 aromatic carbocycles. The van der Waals surface area contributed by atoms with Crippen LogP contribution in [0.4, 0.5) is 21.7 Å². The van der Waals surface area contributed by atoms with E-state index in [1.54, 1.807) is 6.21 Å². The zero-order valence-corrected chi connectivity index (χ0v) is 18.6. The van der Waals surface area contributed by atoms with Gasteiger partial charge in [-0.1, -0.05) is 23.9 Å². The van der Waals surface area contributed by atoms with Crippen molar-refractivity contribution in [2.75, 3.05) is 40.3 Å². The Morgan fingerprint density at radius 3 is 2.50 bits per heavy atom. The fourth-order valence-electron chi connectivity index (χ4n) is 2.84. The van der Waals surface area contributed by atoms with Crippen LogP contribution in [-0.2, 0) is 4.79 Å². The Kier molecular flexibility index (Phi) is 8.03. The Balaban J connectivity index is 1.51. The fraction of sp³-hybridized carbons (Fsp3) is 0.238. The number of hydrogen-bond acceptors (Lipinski definition) is 8. The lowest BCUT2D eigenvalue weighted by Gasteiger charge is -2.20. The lowest BCUT2D eigenvalue weighted by molar-refractivity contribution is -0.113. The van der Waals surface area contributed by atoms with Crippen molar-refractivity contribution in [2.24, 2.45) is 5.10 Å². The number of nitrogen functional groups attached to an aromatic ring is 1. The molecule has 9 nitrogen and oxygen atoms in total. The van der Waals surface area contributed by atoms with Gasteiger partial charge in [-0.2, -0.15) is 5.10 Å². The second-order valence-electron chi connectivity index (χ2n) is 6.65. The zero-order valence-electron chi connectivity index (χ0n) is 17.8. The smallest absolute Gasteiger partial charge is 0.264 e. The molecule has 0 spiro atoms. The molecule has 3 rings (SSSR count). The van der Waals surface area contributed by atoms with Crippen LogP contribution in [0.2, 0.25) is 0 Å². The molecule has 11 heteroatoms. The number of benzene rings is 2. The summed E-state index contributed by atoms with van der Waals surface area (Å²) in [5.74, 6) is 5.64. The van der Waals surface area contributed by atoms with Gasteiger partial charge >= 0.3 is 0 Å². The largest absolute Gasteiger partial charge is 0.372 e. The molecule has 1 amide bonds. The normalized spacial score (nSPS) is 11.0. The van der Waals surface area contributed by atoms with E-state index in [0.29, 0.717) is 10.8 Å². The number of nitrogens with two attached hydrogens (primary N) is 1. The Morgan fingerprint density at radius 2 is 1.84 bits per heavy atom. The monoisotopic (exact) mass is 456 g/mol. The molecule has 1 aromatic heterocycles. The number of carbonyl (C=O) groups is 1. The van der Waals surface area contributed by atoms with Crippen molar-refractivity contribution in [2.45, 2.75) is 19.0 Å². The number of rotatable bonds is 10. The molecule has 168 valence electrons. The molecule has 0 fully saturated rings. The van der Waals surface area contributed by atoms with E-state index in [4.69, 9.17) is 5.84 Å². The summed E-state index contributed by atoms with van der Waals surface area (Å²) in [6.45, 7) is 6.14. The van der Waals surface area contributed by atoms with Crippen LogP contribution in [0.25, 0.3) is 0 Å². The van der Waals surface area contributed by atoms with Crippen LogP contribution in [0.5, 0.6) is 0 Å². The average molecular weight is 457 g/mol. The number of hydrogen-bond donors (Lipinski definition) is 3.